The fourth-order valence-electron chi connectivity index (χ4n) is 3.54. The smallest absolute Gasteiger partial charge is 0.319 e. The summed E-state index contributed by atoms with van der Waals surface area (Å²) >= 11 is 0. The molecule has 0 aliphatic carbocycles. The van der Waals surface area contributed by atoms with Crippen molar-refractivity contribution in [3.05, 3.63) is 54.1 Å². The molecule has 146 valence electrons. The van der Waals surface area contributed by atoms with Crippen molar-refractivity contribution >= 4 is 17.8 Å². The van der Waals surface area contributed by atoms with Crippen molar-refractivity contribution in [1.82, 2.24) is 0 Å². The molecule has 3 rings (SSSR count). The third kappa shape index (κ3) is 3.91. The number of rotatable bonds is 6. The summed E-state index contributed by atoms with van der Waals surface area (Å²) in [6.07, 6.45) is -0.0418. The van der Waals surface area contributed by atoms with Crippen molar-refractivity contribution < 1.29 is 23.8 Å². The quantitative estimate of drug-likeness (QED) is 0.766. The minimum atomic E-state index is -0.998. The van der Waals surface area contributed by atoms with Gasteiger partial charge in [0.1, 0.15) is 11.7 Å². The zero-order valence-corrected chi connectivity index (χ0v) is 15.9. The topological polar surface area (TPSA) is 85.7 Å². The number of hydrogen-bond donors (Lipinski definition) is 1. The molecule has 0 radical (unpaired) electrons. The van der Waals surface area contributed by atoms with Gasteiger partial charge in [0.25, 0.3) is 0 Å². The first-order valence-corrected chi connectivity index (χ1v) is 9.33. The van der Waals surface area contributed by atoms with Gasteiger partial charge < -0.3 is 14.2 Å². The van der Waals surface area contributed by atoms with Crippen LogP contribution < -0.4 is 4.74 Å². The number of hydrogen-bond acceptors (Lipinski definition) is 6. The Hall–Kier alpha value is -3.15. The molecule has 6 heteroatoms. The maximum Gasteiger partial charge on any atom is 0.319 e. The van der Waals surface area contributed by atoms with E-state index >= 15 is 0 Å². The van der Waals surface area contributed by atoms with E-state index < -0.39 is 23.8 Å². The zero-order chi connectivity index (χ0) is 20.1. The molecule has 1 aliphatic heterocycles. The average molecular weight is 381 g/mol. The number of esters is 2. The highest BCUT2D eigenvalue weighted by Gasteiger charge is 2.43. The van der Waals surface area contributed by atoms with Crippen LogP contribution in [-0.2, 0) is 19.1 Å². The molecule has 1 N–H and O–H groups in total. The maximum absolute atomic E-state index is 12.6. The molecule has 0 amide bonds. The van der Waals surface area contributed by atoms with Crippen LogP contribution in [-0.4, -0.2) is 31.1 Å². The van der Waals surface area contributed by atoms with Crippen molar-refractivity contribution in [2.24, 2.45) is 5.92 Å². The summed E-state index contributed by atoms with van der Waals surface area (Å²) in [6.45, 7) is 3.86. The first-order chi connectivity index (χ1) is 13.6. The number of ether oxygens (including phenoxy) is 3. The summed E-state index contributed by atoms with van der Waals surface area (Å²) in [6, 6.07) is 15.2. The van der Waals surface area contributed by atoms with Gasteiger partial charge in [-0.15, -0.1) is 0 Å². The predicted molar refractivity (Wildman–Crippen MR) is 104 cm³/mol. The lowest BCUT2D eigenvalue weighted by molar-refractivity contribution is -0.148. The molecule has 2 aromatic rings. The van der Waals surface area contributed by atoms with Crippen molar-refractivity contribution in [2.75, 3.05) is 13.2 Å². The van der Waals surface area contributed by atoms with E-state index in [9.17, 15) is 9.59 Å². The zero-order valence-electron chi connectivity index (χ0n) is 15.9. The average Bonchev–Trinajstić information content (AvgIpc) is 2.68. The lowest BCUT2D eigenvalue weighted by Crippen LogP contribution is -2.39. The summed E-state index contributed by atoms with van der Waals surface area (Å²) in [5.74, 6) is -2.35. The molecule has 0 bridgehead atoms. The summed E-state index contributed by atoms with van der Waals surface area (Å²) in [5.41, 5.74) is 2.51. The van der Waals surface area contributed by atoms with Gasteiger partial charge in [-0.1, -0.05) is 42.5 Å². The van der Waals surface area contributed by atoms with E-state index in [1.807, 2.05) is 42.5 Å². The van der Waals surface area contributed by atoms with Crippen LogP contribution in [0.4, 0.5) is 0 Å². The van der Waals surface area contributed by atoms with E-state index in [1.54, 1.807) is 19.9 Å². The van der Waals surface area contributed by atoms with E-state index in [2.05, 4.69) is 0 Å². The second kappa shape index (κ2) is 8.69. The van der Waals surface area contributed by atoms with Crippen LogP contribution in [0.3, 0.4) is 0 Å². The predicted octanol–water partition coefficient (Wildman–Crippen LogP) is 3.94. The van der Waals surface area contributed by atoms with Crippen molar-refractivity contribution in [1.29, 1.82) is 5.41 Å². The molecule has 0 saturated heterocycles. The van der Waals surface area contributed by atoms with Crippen LogP contribution in [0.2, 0.25) is 0 Å². The van der Waals surface area contributed by atoms with Gasteiger partial charge in [0.05, 0.1) is 19.6 Å². The second-order valence-corrected chi connectivity index (χ2v) is 6.40. The lowest BCUT2D eigenvalue weighted by Gasteiger charge is -2.33. The first kappa shape index (κ1) is 19.6. The summed E-state index contributed by atoms with van der Waals surface area (Å²) in [5, 5.41) is 8.26. The van der Waals surface area contributed by atoms with Gasteiger partial charge in [-0.3, -0.25) is 15.0 Å². The number of nitrogens with one attached hydrogen (secondary N) is 1. The lowest BCUT2D eigenvalue weighted by atomic mass is 9.77. The largest absolute Gasteiger partial charge is 0.466 e. The maximum atomic E-state index is 12.6. The highest BCUT2D eigenvalue weighted by Crippen LogP contribution is 2.45. The normalized spacial score (nSPS) is 18.0. The molecule has 2 atom stereocenters. The molecule has 0 fully saturated rings. The monoisotopic (exact) mass is 381 g/mol. The molecule has 0 saturated carbocycles. The molecular formula is C22H23NO5. The molecule has 2 unspecified atom stereocenters. The molecule has 1 heterocycles. The van der Waals surface area contributed by atoms with Gasteiger partial charge in [0, 0.05) is 11.5 Å². The molecule has 28 heavy (non-hydrogen) atoms. The van der Waals surface area contributed by atoms with Crippen LogP contribution in [0.5, 0.6) is 5.75 Å². The Kier molecular flexibility index (Phi) is 6.09. The van der Waals surface area contributed by atoms with Gasteiger partial charge in [-0.05, 0) is 31.0 Å². The van der Waals surface area contributed by atoms with Crippen molar-refractivity contribution in [2.45, 2.75) is 26.2 Å². The number of benzene rings is 2. The van der Waals surface area contributed by atoms with Gasteiger partial charge in [0.2, 0.25) is 5.90 Å². The van der Waals surface area contributed by atoms with E-state index in [0.29, 0.717) is 5.75 Å². The molecule has 0 spiro atoms. The Morgan fingerprint density at radius 3 is 2.39 bits per heavy atom. The Morgan fingerprint density at radius 1 is 1.00 bits per heavy atom. The highest BCUT2D eigenvalue weighted by atomic mass is 16.5. The molecule has 1 aliphatic rings. The van der Waals surface area contributed by atoms with Crippen LogP contribution in [0, 0.1) is 11.3 Å². The van der Waals surface area contributed by atoms with Crippen molar-refractivity contribution in [3.8, 4) is 16.9 Å². The molecule has 2 aromatic carbocycles. The molecular weight excluding hydrogens is 358 g/mol. The number of carbonyl (C=O) groups is 2. The van der Waals surface area contributed by atoms with Gasteiger partial charge in [-0.2, -0.15) is 0 Å². The van der Waals surface area contributed by atoms with Crippen LogP contribution in [0.15, 0.2) is 48.5 Å². The van der Waals surface area contributed by atoms with Gasteiger partial charge in [-0.25, -0.2) is 0 Å². The van der Waals surface area contributed by atoms with E-state index in [0.717, 1.165) is 16.7 Å². The third-order valence-electron chi connectivity index (χ3n) is 4.66. The standard InChI is InChI=1S/C22H23NO5/c1-3-26-18(24)13-16-19-15(14-9-6-5-7-10-14)11-8-12-17(19)28-21(23)20(16)22(25)27-4-2/h5-12,16,20,23H,3-4,13H2,1-2H3. The van der Waals surface area contributed by atoms with E-state index in [-0.39, 0.29) is 25.5 Å². The number of fused-ring (bicyclic) bond motifs is 1. The highest BCUT2D eigenvalue weighted by molar-refractivity contribution is 6.01. The Labute approximate surface area is 163 Å². The third-order valence-corrected chi connectivity index (χ3v) is 4.66. The number of carbonyl (C=O) groups excluding carboxylic acids is 2. The van der Waals surface area contributed by atoms with Crippen LogP contribution in [0.25, 0.3) is 11.1 Å². The second-order valence-electron chi connectivity index (χ2n) is 6.40. The summed E-state index contributed by atoms with van der Waals surface area (Å²) in [7, 11) is 0. The fourth-order valence-corrected chi connectivity index (χ4v) is 3.54. The Balaban J connectivity index is 2.14. The Morgan fingerprint density at radius 2 is 1.71 bits per heavy atom. The summed E-state index contributed by atoms with van der Waals surface area (Å²) in [4.78, 5) is 24.9. The van der Waals surface area contributed by atoms with Crippen molar-refractivity contribution in [3.63, 3.8) is 0 Å². The van der Waals surface area contributed by atoms with Gasteiger partial charge in [0.15, 0.2) is 0 Å². The molecule has 0 aromatic heterocycles. The summed E-state index contributed by atoms with van der Waals surface area (Å²) < 4.78 is 16.0. The minimum Gasteiger partial charge on any atom is -0.466 e. The fraction of sp³-hybridized carbons (Fsp3) is 0.318. The SMILES string of the molecule is CCOC(=O)CC1c2c(cccc2-c2ccccc2)OC(=N)C1C(=O)OCC. The van der Waals surface area contributed by atoms with Crippen LogP contribution in [0.1, 0.15) is 31.7 Å². The van der Waals surface area contributed by atoms with E-state index in [1.165, 1.54) is 0 Å². The first-order valence-electron chi connectivity index (χ1n) is 9.33. The minimum absolute atomic E-state index is 0.0418. The molecule has 6 nitrogen and oxygen atoms in total. The Bertz CT molecular complexity index is 878. The van der Waals surface area contributed by atoms with E-state index in [4.69, 9.17) is 19.6 Å². The van der Waals surface area contributed by atoms with Crippen LogP contribution >= 0.6 is 0 Å². The van der Waals surface area contributed by atoms with Gasteiger partial charge >= 0.3 is 11.9 Å².